The second kappa shape index (κ2) is 5.69. The predicted octanol–water partition coefficient (Wildman–Crippen LogP) is 1.07. The molecule has 0 radical (unpaired) electrons. The molecule has 0 aromatic carbocycles. The van der Waals surface area contributed by atoms with Gasteiger partial charge in [-0.05, 0) is 0 Å². The van der Waals surface area contributed by atoms with Crippen LogP contribution in [0, 0.1) is 10.1 Å². The van der Waals surface area contributed by atoms with Crippen LogP contribution in [-0.4, -0.2) is 32.8 Å². The Morgan fingerprint density at radius 2 is 2.05 bits per heavy atom. The highest BCUT2D eigenvalue weighted by molar-refractivity contribution is 6.06. The summed E-state index contributed by atoms with van der Waals surface area (Å²) in [6.07, 6.45) is 5.21. The Morgan fingerprint density at radius 3 is 2.65 bits per heavy atom. The lowest BCUT2D eigenvalue weighted by atomic mass is 10.2. The molecular formula is C11H10N6O3. The summed E-state index contributed by atoms with van der Waals surface area (Å²) in [6.45, 7) is 0. The van der Waals surface area contributed by atoms with Crippen molar-refractivity contribution >= 4 is 23.2 Å². The van der Waals surface area contributed by atoms with Crippen LogP contribution in [0.3, 0.4) is 0 Å². The molecule has 9 nitrogen and oxygen atoms in total. The molecule has 2 N–H and O–H groups in total. The van der Waals surface area contributed by atoms with Crippen LogP contribution < -0.4 is 10.6 Å². The van der Waals surface area contributed by atoms with Gasteiger partial charge in [0.1, 0.15) is 17.6 Å². The van der Waals surface area contributed by atoms with Crippen LogP contribution in [0.2, 0.25) is 0 Å². The van der Waals surface area contributed by atoms with Gasteiger partial charge in [-0.25, -0.2) is 9.97 Å². The lowest BCUT2D eigenvalue weighted by Gasteiger charge is -2.06. The second-order valence-electron chi connectivity index (χ2n) is 3.64. The monoisotopic (exact) mass is 274 g/mol. The van der Waals surface area contributed by atoms with E-state index in [4.69, 9.17) is 0 Å². The summed E-state index contributed by atoms with van der Waals surface area (Å²) in [5.41, 5.74) is -0.495. The van der Waals surface area contributed by atoms with Crippen molar-refractivity contribution in [1.29, 1.82) is 0 Å². The minimum absolute atomic E-state index is 0.111. The molecule has 0 unspecified atom stereocenters. The summed E-state index contributed by atoms with van der Waals surface area (Å²) in [5.74, 6) is -0.106. The summed E-state index contributed by atoms with van der Waals surface area (Å²) in [4.78, 5) is 33.8. The van der Waals surface area contributed by atoms with Gasteiger partial charge in [-0.1, -0.05) is 0 Å². The van der Waals surface area contributed by atoms with E-state index in [9.17, 15) is 14.9 Å². The van der Waals surface area contributed by atoms with Crippen molar-refractivity contribution in [3.05, 3.63) is 46.5 Å². The molecule has 2 heterocycles. The summed E-state index contributed by atoms with van der Waals surface area (Å²) in [7, 11) is 1.60. The minimum Gasteiger partial charge on any atom is -0.373 e. The predicted molar refractivity (Wildman–Crippen MR) is 70.4 cm³/mol. The third-order valence-electron chi connectivity index (χ3n) is 2.39. The number of nitrogens with one attached hydrogen (secondary N) is 2. The van der Waals surface area contributed by atoms with Gasteiger partial charge in [-0.15, -0.1) is 0 Å². The van der Waals surface area contributed by atoms with Crippen LogP contribution in [0.5, 0.6) is 0 Å². The first-order chi connectivity index (χ1) is 9.61. The van der Waals surface area contributed by atoms with E-state index in [0.29, 0.717) is 5.82 Å². The molecule has 0 saturated carbocycles. The maximum Gasteiger partial charge on any atom is 0.300 e. The number of nitro groups is 1. The van der Waals surface area contributed by atoms with Crippen molar-refractivity contribution in [1.82, 2.24) is 15.0 Å². The minimum atomic E-state index is -0.669. The number of anilines is 2. The first kappa shape index (κ1) is 13.3. The highest BCUT2D eigenvalue weighted by atomic mass is 16.6. The average molecular weight is 274 g/mol. The normalized spacial score (nSPS) is 9.85. The van der Waals surface area contributed by atoms with Crippen molar-refractivity contribution in [2.24, 2.45) is 0 Å². The summed E-state index contributed by atoms with van der Waals surface area (Å²) >= 11 is 0. The molecule has 0 spiro atoms. The van der Waals surface area contributed by atoms with Gasteiger partial charge in [0.25, 0.3) is 11.6 Å². The smallest absolute Gasteiger partial charge is 0.300 e. The van der Waals surface area contributed by atoms with Crippen LogP contribution in [-0.2, 0) is 0 Å². The highest BCUT2D eigenvalue weighted by Crippen LogP contribution is 2.21. The molecule has 102 valence electrons. The van der Waals surface area contributed by atoms with Gasteiger partial charge in [0.15, 0.2) is 5.82 Å². The zero-order valence-electron chi connectivity index (χ0n) is 10.4. The average Bonchev–Trinajstić information content (AvgIpc) is 2.47. The van der Waals surface area contributed by atoms with Gasteiger partial charge in [0, 0.05) is 25.5 Å². The first-order valence-electron chi connectivity index (χ1n) is 5.51. The maximum absolute atomic E-state index is 12.1. The van der Waals surface area contributed by atoms with Crippen LogP contribution >= 0.6 is 0 Å². The van der Waals surface area contributed by atoms with Gasteiger partial charge in [-0.3, -0.25) is 19.9 Å². The number of hydrogen-bond donors (Lipinski definition) is 2. The SMILES string of the molecule is CNc1cc(C(=O)Nc2cnccn2)c([N+](=O)[O-])cn1. The van der Waals surface area contributed by atoms with Gasteiger partial charge >= 0.3 is 0 Å². The van der Waals surface area contributed by atoms with Gasteiger partial charge in [0.05, 0.1) is 11.1 Å². The fourth-order valence-corrected chi connectivity index (χ4v) is 1.46. The van der Waals surface area contributed by atoms with Gasteiger partial charge in [-0.2, -0.15) is 0 Å². The quantitative estimate of drug-likeness (QED) is 0.631. The van der Waals surface area contributed by atoms with E-state index in [2.05, 4.69) is 25.6 Å². The summed E-state index contributed by atoms with van der Waals surface area (Å²) in [5, 5.41) is 16.1. The van der Waals surface area contributed by atoms with E-state index in [0.717, 1.165) is 6.20 Å². The number of amides is 1. The lowest BCUT2D eigenvalue weighted by molar-refractivity contribution is -0.385. The molecule has 0 bridgehead atoms. The van der Waals surface area contributed by atoms with Gasteiger partial charge in [0.2, 0.25) is 0 Å². The summed E-state index contributed by atoms with van der Waals surface area (Å²) in [6, 6.07) is 1.30. The molecule has 0 fully saturated rings. The van der Waals surface area contributed by atoms with Crippen molar-refractivity contribution in [3.63, 3.8) is 0 Å². The number of nitrogens with zero attached hydrogens (tertiary/aromatic N) is 4. The molecule has 0 atom stereocenters. The van der Waals surface area contributed by atoms with Crippen LogP contribution in [0.1, 0.15) is 10.4 Å². The molecule has 0 aliphatic carbocycles. The van der Waals surface area contributed by atoms with Crippen molar-refractivity contribution in [3.8, 4) is 0 Å². The molecular weight excluding hydrogens is 264 g/mol. The Bertz CT molecular complexity index is 646. The van der Waals surface area contributed by atoms with E-state index < -0.39 is 10.8 Å². The van der Waals surface area contributed by atoms with E-state index in [-0.39, 0.29) is 17.1 Å². The number of aromatic nitrogens is 3. The molecule has 2 aromatic rings. The van der Waals surface area contributed by atoms with E-state index in [1.165, 1.54) is 24.7 Å². The van der Waals surface area contributed by atoms with E-state index in [1.54, 1.807) is 7.05 Å². The Kier molecular flexibility index (Phi) is 3.80. The molecule has 0 aliphatic rings. The highest BCUT2D eigenvalue weighted by Gasteiger charge is 2.21. The summed E-state index contributed by atoms with van der Waals surface area (Å²) < 4.78 is 0. The number of pyridine rings is 1. The standard InChI is InChI=1S/C11H10N6O3/c1-12-9-4-7(8(5-15-9)17(19)20)11(18)16-10-6-13-2-3-14-10/h2-6H,1H3,(H,12,15)(H,14,16,18). The number of carbonyl (C=O) groups is 1. The van der Waals surface area contributed by atoms with Crippen LogP contribution in [0.15, 0.2) is 30.9 Å². The third-order valence-corrected chi connectivity index (χ3v) is 2.39. The molecule has 2 rings (SSSR count). The zero-order valence-corrected chi connectivity index (χ0v) is 10.4. The van der Waals surface area contributed by atoms with Crippen molar-refractivity contribution in [2.45, 2.75) is 0 Å². The molecule has 2 aromatic heterocycles. The Balaban J connectivity index is 2.35. The number of hydrogen-bond acceptors (Lipinski definition) is 7. The van der Waals surface area contributed by atoms with Gasteiger partial charge < -0.3 is 10.6 Å². The van der Waals surface area contributed by atoms with Crippen molar-refractivity contribution < 1.29 is 9.72 Å². The van der Waals surface area contributed by atoms with Crippen LogP contribution in [0.25, 0.3) is 0 Å². The zero-order chi connectivity index (χ0) is 14.5. The Morgan fingerprint density at radius 1 is 1.25 bits per heavy atom. The topological polar surface area (TPSA) is 123 Å². The lowest BCUT2D eigenvalue weighted by Crippen LogP contribution is -2.15. The molecule has 0 aliphatic heterocycles. The largest absolute Gasteiger partial charge is 0.373 e. The molecule has 20 heavy (non-hydrogen) atoms. The van der Waals surface area contributed by atoms with E-state index in [1.807, 2.05) is 0 Å². The maximum atomic E-state index is 12.1. The Labute approximate surface area is 113 Å². The molecule has 0 saturated heterocycles. The Hall–Kier alpha value is -3.10. The number of carbonyl (C=O) groups excluding carboxylic acids is 1. The number of rotatable bonds is 4. The van der Waals surface area contributed by atoms with Crippen LogP contribution in [0.4, 0.5) is 17.3 Å². The third kappa shape index (κ3) is 2.83. The van der Waals surface area contributed by atoms with E-state index >= 15 is 0 Å². The second-order valence-corrected chi connectivity index (χ2v) is 3.64. The molecule has 1 amide bonds. The molecule has 9 heteroatoms. The fourth-order valence-electron chi connectivity index (χ4n) is 1.46. The van der Waals surface area contributed by atoms with Crippen molar-refractivity contribution in [2.75, 3.05) is 17.7 Å². The fraction of sp³-hybridized carbons (Fsp3) is 0.0909. The first-order valence-corrected chi connectivity index (χ1v) is 5.51.